The monoisotopic (exact) mass is 332 g/mol. The van der Waals surface area contributed by atoms with Gasteiger partial charge in [-0.05, 0) is 18.9 Å². The summed E-state index contributed by atoms with van der Waals surface area (Å²) in [5.74, 6) is -0.379. The fraction of sp³-hybridized carbons (Fsp3) is 0.375. The van der Waals surface area contributed by atoms with E-state index in [2.05, 4.69) is 20.8 Å². The predicted molar refractivity (Wildman–Crippen MR) is 90.3 cm³/mol. The molecule has 0 aliphatic carbocycles. The van der Waals surface area contributed by atoms with E-state index in [9.17, 15) is 9.59 Å². The maximum atomic E-state index is 12.2. The van der Waals surface area contributed by atoms with Crippen molar-refractivity contribution in [2.75, 3.05) is 5.32 Å². The lowest BCUT2D eigenvalue weighted by molar-refractivity contribution is -0.120. The first-order valence-electron chi connectivity index (χ1n) is 7.43. The maximum absolute atomic E-state index is 12.2. The number of rotatable bonds is 6. The highest BCUT2D eigenvalue weighted by Gasteiger charge is 2.18. The second kappa shape index (κ2) is 7.82. The summed E-state index contributed by atoms with van der Waals surface area (Å²) in [6.45, 7) is 5.42. The van der Waals surface area contributed by atoms with Gasteiger partial charge in [-0.25, -0.2) is 0 Å². The van der Waals surface area contributed by atoms with Crippen molar-refractivity contribution in [3.05, 3.63) is 40.4 Å². The molecule has 0 unspecified atom stereocenters. The molecule has 0 saturated heterocycles. The van der Waals surface area contributed by atoms with Crippen LogP contribution in [0.25, 0.3) is 0 Å². The summed E-state index contributed by atoms with van der Waals surface area (Å²) in [6, 6.07) is 7.39. The Labute approximate surface area is 139 Å². The van der Waals surface area contributed by atoms with Crippen LogP contribution < -0.4 is 10.6 Å². The first-order chi connectivity index (χ1) is 11.0. The molecule has 122 valence electrons. The molecule has 0 bridgehead atoms. The molecule has 0 aliphatic rings. The molecule has 2 amide bonds. The maximum Gasteiger partial charge on any atom is 0.228 e. The van der Waals surface area contributed by atoms with Gasteiger partial charge in [-0.3, -0.25) is 9.59 Å². The van der Waals surface area contributed by atoms with Crippen molar-refractivity contribution < 1.29 is 9.59 Å². The molecule has 1 aromatic carbocycles. The van der Waals surface area contributed by atoms with Gasteiger partial charge in [0.2, 0.25) is 16.9 Å². The van der Waals surface area contributed by atoms with Crippen molar-refractivity contribution in [1.29, 1.82) is 0 Å². The molecule has 0 spiro atoms. The molecule has 1 atom stereocenters. The summed E-state index contributed by atoms with van der Waals surface area (Å²) in [5.41, 5.74) is 2.02. The number of carbonyl (C=O) groups is 2. The fourth-order valence-corrected chi connectivity index (χ4v) is 2.79. The van der Waals surface area contributed by atoms with E-state index in [4.69, 9.17) is 0 Å². The lowest BCUT2D eigenvalue weighted by atomic mass is 10.0. The van der Waals surface area contributed by atoms with Crippen LogP contribution in [0, 0.1) is 6.92 Å². The van der Waals surface area contributed by atoms with E-state index >= 15 is 0 Å². The third-order valence-corrected chi connectivity index (χ3v) is 4.25. The van der Waals surface area contributed by atoms with Crippen LogP contribution in [-0.2, 0) is 16.0 Å². The smallest absolute Gasteiger partial charge is 0.228 e. The molecular weight excluding hydrogens is 312 g/mol. The summed E-state index contributed by atoms with van der Waals surface area (Å²) < 4.78 is 0. The Hall–Kier alpha value is -2.28. The quantitative estimate of drug-likeness (QED) is 0.851. The molecule has 0 fully saturated rings. The van der Waals surface area contributed by atoms with Gasteiger partial charge in [0.05, 0.1) is 12.5 Å². The summed E-state index contributed by atoms with van der Waals surface area (Å²) in [7, 11) is 0. The van der Waals surface area contributed by atoms with E-state index in [0.717, 1.165) is 22.6 Å². The highest BCUT2D eigenvalue weighted by Crippen LogP contribution is 2.20. The number of aromatic nitrogens is 2. The minimum absolute atomic E-state index is 0.143. The molecule has 0 aliphatic heterocycles. The summed E-state index contributed by atoms with van der Waals surface area (Å²) in [5, 5.41) is 14.8. The van der Waals surface area contributed by atoms with E-state index in [-0.39, 0.29) is 24.3 Å². The van der Waals surface area contributed by atoms with Crippen LogP contribution in [0.3, 0.4) is 0 Å². The van der Waals surface area contributed by atoms with Crippen LogP contribution in [-0.4, -0.2) is 22.0 Å². The minimum Gasteiger partial charge on any atom is -0.349 e. The molecule has 1 aromatic heterocycles. The van der Waals surface area contributed by atoms with Crippen LogP contribution >= 0.6 is 11.3 Å². The normalized spacial score (nSPS) is 11.8. The van der Waals surface area contributed by atoms with Crippen LogP contribution in [0.2, 0.25) is 0 Å². The molecular formula is C16H20N4O2S. The molecule has 2 rings (SSSR count). The molecule has 0 radical (unpaired) electrons. The molecule has 7 heteroatoms. The number of hydrogen-bond donors (Lipinski definition) is 2. The third kappa shape index (κ3) is 5.14. The van der Waals surface area contributed by atoms with E-state index in [0.29, 0.717) is 5.13 Å². The lowest BCUT2D eigenvalue weighted by Gasteiger charge is -2.18. The van der Waals surface area contributed by atoms with Gasteiger partial charge < -0.3 is 10.6 Å². The molecule has 0 saturated carbocycles. The van der Waals surface area contributed by atoms with Gasteiger partial charge in [0.25, 0.3) is 0 Å². The zero-order valence-corrected chi connectivity index (χ0v) is 14.2. The number of carbonyl (C=O) groups excluding carboxylic acids is 2. The van der Waals surface area contributed by atoms with Crippen molar-refractivity contribution in [2.45, 2.75) is 39.7 Å². The number of hydrogen-bond acceptors (Lipinski definition) is 5. The largest absolute Gasteiger partial charge is 0.349 e. The lowest BCUT2D eigenvalue weighted by Crippen LogP contribution is -2.29. The summed E-state index contributed by atoms with van der Waals surface area (Å²) >= 11 is 1.36. The Bertz CT molecular complexity index is 682. The van der Waals surface area contributed by atoms with Crippen molar-refractivity contribution in [3.8, 4) is 0 Å². The second-order valence-electron chi connectivity index (χ2n) is 5.27. The number of nitrogens with one attached hydrogen (secondary N) is 2. The van der Waals surface area contributed by atoms with E-state index in [1.165, 1.54) is 18.3 Å². The summed E-state index contributed by atoms with van der Waals surface area (Å²) in [6.07, 6.45) is 0.926. The van der Waals surface area contributed by atoms with Gasteiger partial charge in [-0.1, -0.05) is 48.1 Å². The van der Waals surface area contributed by atoms with E-state index < -0.39 is 0 Å². The number of amides is 2. The van der Waals surface area contributed by atoms with Gasteiger partial charge in [0.15, 0.2) is 0 Å². The Morgan fingerprint density at radius 2 is 1.91 bits per heavy atom. The van der Waals surface area contributed by atoms with Gasteiger partial charge in [-0.2, -0.15) is 0 Å². The Morgan fingerprint density at radius 1 is 1.22 bits per heavy atom. The van der Waals surface area contributed by atoms with Crippen molar-refractivity contribution in [1.82, 2.24) is 15.5 Å². The van der Waals surface area contributed by atoms with Crippen LogP contribution in [0.5, 0.6) is 0 Å². The average molecular weight is 332 g/mol. The second-order valence-corrected chi connectivity index (χ2v) is 6.33. The van der Waals surface area contributed by atoms with Gasteiger partial charge in [0.1, 0.15) is 5.01 Å². The highest BCUT2D eigenvalue weighted by atomic mass is 32.1. The molecule has 1 heterocycles. The molecule has 2 aromatic rings. The topological polar surface area (TPSA) is 84.0 Å². The van der Waals surface area contributed by atoms with Crippen LogP contribution in [0.1, 0.15) is 42.4 Å². The zero-order valence-electron chi connectivity index (χ0n) is 13.4. The Morgan fingerprint density at radius 3 is 2.48 bits per heavy atom. The summed E-state index contributed by atoms with van der Waals surface area (Å²) in [4.78, 5) is 23.6. The minimum atomic E-state index is -0.369. The molecule has 2 N–H and O–H groups in total. The number of anilines is 1. The van der Waals surface area contributed by atoms with Crippen molar-refractivity contribution in [3.63, 3.8) is 0 Å². The molecule has 23 heavy (non-hydrogen) atoms. The van der Waals surface area contributed by atoms with Gasteiger partial charge in [-0.15, -0.1) is 10.2 Å². The fourth-order valence-electron chi connectivity index (χ4n) is 2.10. The third-order valence-electron chi connectivity index (χ3n) is 3.26. The average Bonchev–Trinajstić information content (AvgIpc) is 2.94. The van der Waals surface area contributed by atoms with Gasteiger partial charge >= 0.3 is 0 Å². The van der Waals surface area contributed by atoms with Gasteiger partial charge in [0, 0.05) is 6.92 Å². The van der Waals surface area contributed by atoms with Crippen molar-refractivity contribution in [2.24, 2.45) is 0 Å². The SMILES string of the molecule is CCc1nnc(NC(=O)C[C@@H](NC(C)=O)c2ccc(C)cc2)s1. The first-order valence-corrected chi connectivity index (χ1v) is 8.25. The van der Waals surface area contributed by atoms with Crippen LogP contribution in [0.15, 0.2) is 24.3 Å². The number of aryl methyl sites for hydroxylation is 2. The number of nitrogens with zero attached hydrogens (tertiary/aromatic N) is 2. The van der Waals surface area contributed by atoms with E-state index in [1.54, 1.807) is 0 Å². The Kier molecular flexibility index (Phi) is 5.81. The number of benzene rings is 1. The standard InChI is InChI=1S/C16H20N4O2S/c1-4-15-19-20-16(23-15)18-14(22)9-13(17-11(3)21)12-7-5-10(2)6-8-12/h5-8,13H,4,9H2,1-3H3,(H,17,21)(H,18,20,22)/t13-/m1/s1. The molecule has 6 nitrogen and oxygen atoms in total. The highest BCUT2D eigenvalue weighted by molar-refractivity contribution is 7.15. The first kappa shape index (κ1) is 17.1. The van der Waals surface area contributed by atoms with E-state index in [1.807, 2.05) is 38.1 Å². The predicted octanol–water partition coefficient (Wildman–Crippen LogP) is 2.61. The Balaban J connectivity index is 2.05. The van der Waals surface area contributed by atoms with Crippen LogP contribution in [0.4, 0.5) is 5.13 Å². The van der Waals surface area contributed by atoms with Crippen molar-refractivity contribution >= 4 is 28.3 Å². The zero-order chi connectivity index (χ0) is 16.8.